The van der Waals surface area contributed by atoms with E-state index in [1.807, 2.05) is 19.1 Å². The summed E-state index contributed by atoms with van der Waals surface area (Å²) in [7, 11) is 1.60. The molecular weight excluding hydrogens is 382 g/mol. The lowest BCUT2D eigenvalue weighted by Crippen LogP contribution is -2.24. The van der Waals surface area contributed by atoms with Crippen LogP contribution in [0.2, 0.25) is 5.02 Å². The van der Waals surface area contributed by atoms with Crippen LogP contribution in [0.1, 0.15) is 11.1 Å². The van der Waals surface area contributed by atoms with Crippen molar-refractivity contribution in [1.29, 1.82) is 0 Å². The van der Waals surface area contributed by atoms with E-state index in [9.17, 15) is 4.79 Å². The number of hydrazone groups is 1. The molecule has 1 N–H and O–H groups in total. The molecule has 0 radical (unpaired) electrons. The number of methoxy groups -OCH3 is 1. The van der Waals surface area contributed by atoms with Crippen LogP contribution in [0.3, 0.4) is 0 Å². The molecule has 0 fully saturated rings. The fourth-order valence-electron chi connectivity index (χ4n) is 2.37. The van der Waals surface area contributed by atoms with Gasteiger partial charge in [0.25, 0.3) is 5.91 Å². The molecule has 1 heterocycles. The van der Waals surface area contributed by atoms with Crippen molar-refractivity contribution in [3.8, 4) is 22.8 Å². The minimum atomic E-state index is -0.402. The summed E-state index contributed by atoms with van der Waals surface area (Å²) in [5, 5.41) is 8.17. The van der Waals surface area contributed by atoms with Crippen molar-refractivity contribution < 1.29 is 18.8 Å². The van der Waals surface area contributed by atoms with E-state index in [0.717, 1.165) is 16.9 Å². The predicted octanol–water partition coefficient (Wildman–Crippen LogP) is 3.84. The molecular formula is C20H18ClN3O4. The molecule has 7 nitrogen and oxygen atoms in total. The van der Waals surface area contributed by atoms with Crippen LogP contribution < -0.4 is 14.9 Å². The fraction of sp³-hybridized carbons (Fsp3) is 0.150. The van der Waals surface area contributed by atoms with E-state index >= 15 is 0 Å². The molecule has 0 aliphatic rings. The summed E-state index contributed by atoms with van der Waals surface area (Å²) in [5.74, 6) is 1.30. The van der Waals surface area contributed by atoms with Crippen molar-refractivity contribution in [2.45, 2.75) is 6.92 Å². The Morgan fingerprint density at radius 3 is 2.75 bits per heavy atom. The Kier molecular flexibility index (Phi) is 6.29. The molecule has 0 saturated carbocycles. The Balaban J connectivity index is 1.61. The molecule has 0 aliphatic carbocycles. The van der Waals surface area contributed by atoms with E-state index < -0.39 is 5.91 Å². The van der Waals surface area contributed by atoms with Gasteiger partial charge in [-0.2, -0.15) is 5.10 Å². The standard InChI is InChI=1S/C20H18ClN3O4/c1-13-9-19(16(10-17(13)21)18-7-8-23-28-18)27-12-20(25)24-22-11-14-3-5-15(26-2)6-4-14/h3-11H,12H2,1-2H3,(H,24,25)/b22-11+. The van der Waals surface area contributed by atoms with Gasteiger partial charge in [0.15, 0.2) is 12.4 Å². The summed E-state index contributed by atoms with van der Waals surface area (Å²) in [5.41, 5.74) is 4.68. The molecule has 28 heavy (non-hydrogen) atoms. The summed E-state index contributed by atoms with van der Waals surface area (Å²) in [4.78, 5) is 12.0. The maximum Gasteiger partial charge on any atom is 0.277 e. The van der Waals surface area contributed by atoms with Gasteiger partial charge in [0.1, 0.15) is 11.5 Å². The monoisotopic (exact) mass is 399 g/mol. The van der Waals surface area contributed by atoms with Crippen LogP contribution in [-0.4, -0.2) is 31.0 Å². The number of nitrogens with one attached hydrogen (secondary N) is 1. The van der Waals surface area contributed by atoms with Crippen LogP contribution in [0.5, 0.6) is 11.5 Å². The second-order valence-electron chi connectivity index (χ2n) is 5.83. The average molecular weight is 400 g/mol. The summed E-state index contributed by atoms with van der Waals surface area (Å²) in [6.07, 6.45) is 3.05. The number of amides is 1. The van der Waals surface area contributed by atoms with E-state index in [2.05, 4.69) is 15.7 Å². The highest BCUT2D eigenvalue weighted by Crippen LogP contribution is 2.34. The number of hydrogen-bond acceptors (Lipinski definition) is 6. The Hall–Kier alpha value is -3.32. The summed E-state index contributed by atoms with van der Waals surface area (Å²) in [6.45, 7) is 1.63. The Morgan fingerprint density at radius 1 is 1.29 bits per heavy atom. The smallest absolute Gasteiger partial charge is 0.277 e. The largest absolute Gasteiger partial charge is 0.497 e. The number of halogens is 1. The molecule has 1 aromatic heterocycles. The fourth-order valence-corrected chi connectivity index (χ4v) is 2.53. The van der Waals surface area contributed by atoms with Gasteiger partial charge in [0.05, 0.1) is 25.1 Å². The molecule has 0 atom stereocenters. The van der Waals surface area contributed by atoms with E-state index in [0.29, 0.717) is 22.1 Å². The normalized spacial score (nSPS) is 10.8. The first kappa shape index (κ1) is 19.4. The van der Waals surface area contributed by atoms with Crippen molar-refractivity contribution in [3.63, 3.8) is 0 Å². The second kappa shape index (κ2) is 9.05. The lowest BCUT2D eigenvalue weighted by atomic mass is 10.1. The van der Waals surface area contributed by atoms with Gasteiger partial charge in [0, 0.05) is 11.1 Å². The third kappa shape index (κ3) is 4.89. The van der Waals surface area contributed by atoms with Gasteiger partial charge >= 0.3 is 0 Å². The quantitative estimate of drug-likeness (QED) is 0.482. The minimum Gasteiger partial charge on any atom is -0.497 e. The second-order valence-corrected chi connectivity index (χ2v) is 6.24. The SMILES string of the molecule is COc1ccc(/C=N/NC(=O)COc2cc(C)c(Cl)cc2-c2ccno2)cc1. The summed E-state index contributed by atoms with van der Waals surface area (Å²) >= 11 is 6.19. The maximum absolute atomic E-state index is 12.0. The summed E-state index contributed by atoms with van der Waals surface area (Å²) < 4.78 is 15.9. The number of ether oxygens (including phenoxy) is 2. The lowest BCUT2D eigenvalue weighted by molar-refractivity contribution is -0.123. The van der Waals surface area contributed by atoms with Gasteiger partial charge < -0.3 is 14.0 Å². The third-order valence-electron chi connectivity index (χ3n) is 3.84. The van der Waals surface area contributed by atoms with Gasteiger partial charge in [-0.25, -0.2) is 5.43 Å². The van der Waals surface area contributed by atoms with Gasteiger partial charge in [-0.05, 0) is 54.4 Å². The number of aromatic nitrogens is 1. The number of aryl methyl sites for hydroxylation is 1. The average Bonchev–Trinajstić information content (AvgIpc) is 3.23. The van der Waals surface area contributed by atoms with Gasteiger partial charge in [-0.3, -0.25) is 4.79 Å². The van der Waals surface area contributed by atoms with E-state index in [1.165, 1.54) is 12.4 Å². The number of carbonyl (C=O) groups is 1. The zero-order valence-corrected chi connectivity index (χ0v) is 16.1. The third-order valence-corrected chi connectivity index (χ3v) is 4.25. The first-order valence-corrected chi connectivity index (χ1v) is 8.74. The van der Waals surface area contributed by atoms with Crippen LogP contribution in [0.4, 0.5) is 0 Å². The Labute approximate surface area is 166 Å². The van der Waals surface area contributed by atoms with Gasteiger partial charge in [-0.15, -0.1) is 0 Å². The number of carbonyl (C=O) groups excluding carboxylic acids is 1. The minimum absolute atomic E-state index is 0.220. The molecule has 144 valence electrons. The Morgan fingerprint density at radius 2 is 2.07 bits per heavy atom. The van der Waals surface area contributed by atoms with E-state index in [1.54, 1.807) is 37.4 Å². The van der Waals surface area contributed by atoms with Crippen molar-refractivity contribution >= 4 is 23.7 Å². The molecule has 3 rings (SSSR count). The van der Waals surface area contributed by atoms with Crippen LogP contribution >= 0.6 is 11.6 Å². The molecule has 3 aromatic rings. The van der Waals surface area contributed by atoms with Crippen LogP contribution in [-0.2, 0) is 4.79 Å². The van der Waals surface area contributed by atoms with E-state index in [4.69, 9.17) is 25.6 Å². The molecule has 0 bridgehead atoms. The first-order chi connectivity index (χ1) is 13.6. The lowest BCUT2D eigenvalue weighted by Gasteiger charge is -2.11. The zero-order valence-electron chi connectivity index (χ0n) is 15.3. The number of benzene rings is 2. The Bertz CT molecular complexity index is 970. The number of rotatable bonds is 7. The predicted molar refractivity (Wildman–Crippen MR) is 106 cm³/mol. The maximum atomic E-state index is 12.0. The molecule has 0 aliphatic heterocycles. The van der Waals surface area contributed by atoms with Crippen molar-refractivity contribution in [1.82, 2.24) is 10.6 Å². The van der Waals surface area contributed by atoms with Crippen molar-refractivity contribution in [2.24, 2.45) is 5.10 Å². The zero-order chi connectivity index (χ0) is 19.9. The molecule has 2 aromatic carbocycles. The van der Waals surface area contributed by atoms with Gasteiger partial charge in [0.2, 0.25) is 0 Å². The molecule has 8 heteroatoms. The van der Waals surface area contributed by atoms with E-state index in [-0.39, 0.29) is 6.61 Å². The van der Waals surface area contributed by atoms with Crippen LogP contribution in [0, 0.1) is 6.92 Å². The topological polar surface area (TPSA) is 86.0 Å². The van der Waals surface area contributed by atoms with Gasteiger partial charge in [-0.1, -0.05) is 16.8 Å². The van der Waals surface area contributed by atoms with Crippen molar-refractivity contribution in [3.05, 3.63) is 64.8 Å². The van der Waals surface area contributed by atoms with Crippen LogP contribution in [0.25, 0.3) is 11.3 Å². The highest BCUT2D eigenvalue weighted by atomic mass is 35.5. The number of hydrogen-bond donors (Lipinski definition) is 1. The van der Waals surface area contributed by atoms with Crippen LogP contribution in [0.15, 0.2) is 58.3 Å². The van der Waals surface area contributed by atoms with Crippen molar-refractivity contribution in [2.75, 3.05) is 13.7 Å². The molecule has 0 spiro atoms. The molecule has 0 saturated heterocycles. The summed E-state index contributed by atoms with van der Waals surface area (Å²) in [6, 6.07) is 12.4. The molecule has 1 amide bonds. The first-order valence-electron chi connectivity index (χ1n) is 8.37. The highest BCUT2D eigenvalue weighted by Gasteiger charge is 2.14. The molecule has 0 unspecified atom stereocenters. The number of nitrogens with zero attached hydrogens (tertiary/aromatic N) is 2. The highest BCUT2D eigenvalue weighted by molar-refractivity contribution is 6.31.